The average molecular weight is 470 g/mol. The summed E-state index contributed by atoms with van der Waals surface area (Å²) in [5.41, 5.74) is 0. The first-order valence-corrected chi connectivity index (χ1v) is 14.3. The molecule has 0 heterocycles. The summed E-state index contributed by atoms with van der Waals surface area (Å²) in [4.78, 5) is 24.2. The molecule has 0 aliphatic heterocycles. The Kier molecular flexibility index (Phi) is 24.4. The number of carbonyl (C=O) groups excluding carboxylic acids is 2. The predicted molar refractivity (Wildman–Crippen MR) is 139 cm³/mol. The highest BCUT2D eigenvalue weighted by molar-refractivity contribution is 5.81. The Morgan fingerprint density at radius 3 is 1.45 bits per heavy atom. The first-order valence-electron chi connectivity index (χ1n) is 14.3. The molecule has 1 amide bonds. The highest BCUT2D eigenvalue weighted by Gasteiger charge is 2.22. The Hall–Kier alpha value is -1.26. The van der Waals surface area contributed by atoms with Gasteiger partial charge in [0.05, 0.1) is 13.2 Å². The lowest BCUT2D eigenvalue weighted by atomic mass is 10.0. The van der Waals surface area contributed by atoms with Crippen molar-refractivity contribution in [1.29, 1.82) is 0 Å². The number of ether oxygens (including phenoxy) is 2. The lowest BCUT2D eigenvalue weighted by Gasteiger charge is -2.17. The normalized spacial score (nSPS) is 11.8. The molecule has 0 saturated carbocycles. The van der Waals surface area contributed by atoms with Crippen LogP contribution in [0.15, 0.2) is 0 Å². The van der Waals surface area contributed by atoms with Crippen LogP contribution in [0.5, 0.6) is 0 Å². The van der Waals surface area contributed by atoms with E-state index in [-0.39, 0.29) is 5.97 Å². The first-order chi connectivity index (χ1) is 16.2. The van der Waals surface area contributed by atoms with Crippen molar-refractivity contribution in [2.75, 3.05) is 13.2 Å². The molecule has 33 heavy (non-hydrogen) atoms. The molecule has 1 atom stereocenters. The van der Waals surface area contributed by atoms with Crippen LogP contribution in [-0.2, 0) is 14.3 Å². The summed E-state index contributed by atoms with van der Waals surface area (Å²) in [5.74, 6) is -0.332. The van der Waals surface area contributed by atoms with Gasteiger partial charge < -0.3 is 14.8 Å². The van der Waals surface area contributed by atoms with E-state index in [1.807, 2.05) is 6.92 Å². The lowest BCUT2D eigenvalue weighted by Crippen LogP contribution is -2.42. The largest absolute Gasteiger partial charge is 0.464 e. The Balaban J connectivity index is 3.65. The number of esters is 1. The van der Waals surface area contributed by atoms with E-state index in [1.54, 1.807) is 0 Å². The van der Waals surface area contributed by atoms with E-state index < -0.39 is 12.1 Å². The van der Waals surface area contributed by atoms with Gasteiger partial charge in [-0.3, -0.25) is 0 Å². The van der Waals surface area contributed by atoms with Crippen LogP contribution in [0.4, 0.5) is 4.79 Å². The van der Waals surface area contributed by atoms with E-state index in [4.69, 9.17) is 9.47 Å². The van der Waals surface area contributed by atoms with Crippen LogP contribution >= 0.6 is 0 Å². The summed E-state index contributed by atoms with van der Waals surface area (Å²) in [6.45, 7) is 7.20. The number of nitrogens with one attached hydrogen (secondary N) is 1. The van der Waals surface area contributed by atoms with Crippen molar-refractivity contribution < 1.29 is 19.1 Å². The van der Waals surface area contributed by atoms with Crippen LogP contribution in [0.25, 0.3) is 0 Å². The molecule has 0 saturated heterocycles. The third-order valence-corrected chi connectivity index (χ3v) is 6.15. The van der Waals surface area contributed by atoms with Crippen LogP contribution in [-0.4, -0.2) is 31.3 Å². The Morgan fingerprint density at radius 1 is 0.545 bits per heavy atom. The molecule has 0 rings (SSSR count). The maximum atomic E-state index is 12.4. The van der Waals surface area contributed by atoms with E-state index in [9.17, 15) is 9.59 Å². The van der Waals surface area contributed by atoms with Gasteiger partial charge >= 0.3 is 12.1 Å². The molecule has 0 spiro atoms. The van der Waals surface area contributed by atoms with Gasteiger partial charge in [0.15, 0.2) is 0 Å². The molecule has 5 nitrogen and oxygen atoms in total. The lowest BCUT2D eigenvalue weighted by molar-refractivity contribution is -0.146. The molecular formula is C28H55NO4. The van der Waals surface area contributed by atoms with Crippen molar-refractivity contribution in [3.05, 3.63) is 0 Å². The number of unbranched alkanes of at least 4 members (excludes halogenated alkanes) is 16. The van der Waals surface area contributed by atoms with Crippen LogP contribution in [0.1, 0.15) is 149 Å². The van der Waals surface area contributed by atoms with Crippen LogP contribution in [0.2, 0.25) is 0 Å². The fraction of sp³-hybridized carbons (Fsp3) is 0.929. The zero-order valence-electron chi connectivity index (χ0n) is 22.3. The maximum absolute atomic E-state index is 12.4. The van der Waals surface area contributed by atoms with E-state index in [1.165, 1.54) is 83.5 Å². The molecular weight excluding hydrogens is 414 g/mol. The summed E-state index contributed by atoms with van der Waals surface area (Å²) in [6, 6.07) is -0.601. The third kappa shape index (κ3) is 22.3. The Morgan fingerprint density at radius 2 is 0.970 bits per heavy atom. The van der Waals surface area contributed by atoms with Crippen molar-refractivity contribution in [3.63, 3.8) is 0 Å². The highest BCUT2D eigenvalue weighted by Crippen LogP contribution is 2.13. The zero-order chi connectivity index (χ0) is 24.4. The molecule has 1 unspecified atom stereocenters. The number of carbonyl (C=O) groups is 2. The monoisotopic (exact) mass is 469 g/mol. The van der Waals surface area contributed by atoms with Gasteiger partial charge in [-0.1, -0.05) is 130 Å². The molecule has 1 N–H and O–H groups in total. The zero-order valence-corrected chi connectivity index (χ0v) is 22.3. The molecule has 0 aliphatic carbocycles. The molecule has 0 aromatic carbocycles. The Labute approximate surface area is 205 Å². The van der Waals surface area contributed by atoms with Crippen molar-refractivity contribution in [2.45, 2.75) is 155 Å². The highest BCUT2D eigenvalue weighted by atomic mass is 16.6. The molecule has 0 aromatic heterocycles. The van der Waals surface area contributed by atoms with Crippen molar-refractivity contribution >= 4 is 12.1 Å². The second-order valence-corrected chi connectivity index (χ2v) is 9.45. The van der Waals surface area contributed by atoms with E-state index >= 15 is 0 Å². The first kappa shape index (κ1) is 31.7. The minimum absolute atomic E-state index is 0.332. The number of amides is 1. The fourth-order valence-electron chi connectivity index (χ4n) is 3.90. The van der Waals surface area contributed by atoms with Gasteiger partial charge in [0.2, 0.25) is 0 Å². The predicted octanol–water partition coefficient (Wildman–Crippen LogP) is 8.49. The van der Waals surface area contributed by atoms with Crippen LogP contribution in [0, 0.1) is 0 Å². The molecule has 196 valence electrons. The minimum Gasteiger partial charge on any atom is -0.464 e. The van der Waals surface area contributed by atoms with Crippen molar-refractivity contribution in [1.82, 2.24) is 5.32 Å². The third-order valence-electron chi connectivity index (χ3n) is 6.15. The molecule has 0 aromatic rings. The number of hydrogen-bond acceptors (Lipinski definition) is 4. The number of rotatable bonds is 24. The van der Waals surface area contributed by atoms with Gasteiger partial charge in [0.1, 0.15) is 6.04 Å². The van der Waals surface area contributed by atoms with Crippen molar-refractivity contribution in [2.24, 2.45) is 0 Å². The molecule has 0 bridgehead atoms. The van der Waals surface area contributed by atoms with Crippen LogP contribution < -0.4 is 5.32 Å². The quantitative estimate of drug-likeness (QED) is 0.114. The standard InChI is InChI=1S/C28H55NO4/c1-4-7-10-11-12-13-14-15-16-17-18-19-20-21-22-25-32-27(30)26(23-8-5-2)29-28(31)33-24-9-6-3/h26H,4-25H2,1-3H3,(H,29,31). The summed E-state index contributed by atoms with van der Waals surface area (Å²) < 4.78 is 10.6. The number of alkyl carbamates (subject to hydrolysis) is 1. The van der Waals surface area contributed by atoms with Gasteiger partial charge in [-0.2, -0.15) is 0 Å². The average Bonchev–Trinajstić information content (AvgIpc) is 2.81. The fourth-order valence-corrected chi connectivity index (χ4v) is 3.90. The summed E-state index contributed by atoms with van der Waals surface area (Å²) in [6.07, 6.45) is 23.4. The van der Waals surface area contributed by atoms with E-state index in [2.05, 4.69) is 19.2 Å². The smallest absolute Gasteiger partial charge is 0.407 e. The molecule has 0 aliphatic rings. The minimum atomic E-state index is -0.601. The van der Waals surface area contributed by atoms with Gasteiger partial charge in [0.25, 0.3) is 0 Å². The van der Waals surface area contributed by atoms with Gasteiger partial charge in [-0.25, -0.2) is 9.59 Å². The van der Waals surface area contributed by atoms with Crippen LogP contribution in [0.3, 0.4) is 0 Å². The second kappa shape index (κ2) is 25.4. The van der Waals surface area contributed by atoms with E-state index in [0.29, 0.717) is 19.6 Å². The number of hydrogen-bond donors (Lipinski definition) is 1. The summed E-state index contributed by atoms with van der Waals surface area (Å²) in [5, 5.41) is 2.68. The van der Waals surface area contributed by atoms with Gasteiger partial charge in [-0.15, -0.1) is 0 Å². The van der Waals surface area contributed by atoms with Gasteiger partial charge in [-0.05, 0) is 19.3 Å². The molecule has 0 radical (unpaired) electrons. The maximum Gasteiger partial charge on any atom is 0.407 e. The molecule has 0 fully saturated rings. The van der Waals surface area contributed by atoms with Crippen molar-refractivity contribution in [3.8, 4) is 0 Å². The Bertz CT molecular complexity index is 442. The second-order valence-electron chi connectivity index (χ2n) is 9.45. The topological polar surface area (TPSA) is 64.6 Å². The van der Waals surface area contributed by atoms with Gasteiger partial charge in [0, 0.05) is 0 Å². The summed E-state index contributed by atoms with van der Waals surface area (Å²) in [7, 11) is 0. The SMILES string of the molecule is CCCCCCCCCCCCCCCCCOC(=O)C(CCCC)NC(=O)OCCCC. The van der Waals surface area contributed by atoms with E-state index in [0.717, 1.165) is 38.5 Å². The summed E-state index contributed by atoms with van der Waals surface area (Å²) >= 11 is 0. The molecule has 5 heteroatoms.